The number of hydrogen-bond acceptors (Lipinski definition) is 7. The summed E-state index contributed by atoms with van der Waals surface area (Å²) >= 11 is 0. The lowest BCUT2D eigenvalue weighted by atomic mass is 9.98. The summed E-state index contributed by atoms with van der Waals surface area (Å²) in [7, 11) is 0. The van der Waals surface area contributed by atoms with Gasteiger partial charge >= 0.3 is 5.97 Å². The van der Waals surface area contributed by atoms with Gasteiger partial charge in [0, 0.05) is 17.8 Å². The predicted octanol–water partition coefficient (Wildman–Crippen LogP) is 2.04. The zero-order valence-electron chi connectivity index (χ0n) is 18.4. The lowest BCUT2D eigenvalue weighted by Crippen LogP contribution is -2.52. The normalized spacial score (nSPS) is 14.9. The zero-order valence-corrected chi connectivity index (χ0v) is 18.4. The molecule has 4 atom stereocenters. The Labute approximate surface area is 177 Å². The third-order valence-electron chi connectivity index (χ3n) is 4.82. The molecule has 4 unspecified atom stereocenters. The van der Waals surface area contributed by atoms with E-state index in [1.165, 1.54) is 25.3 Å². The van der Waals surface area contributed by atoms with Crippen molar-refractivity contribution in [2.75, 3.05) is 0 Å². The van der Waals surface area contributed by atoms with Gasteiger partial charge in [-0.15, -0.1) is 0 Å². The second kappa shape index (κ2) is 11.3. The van der Waals surface area contributed by atoms with Gasteiger partial charge in [-0.25, -0.2) is 9.78 Å². The van der Waals surface area contributed by atoms with Gasteiger partial charge in [0.1, 0.15) is 23.9 Å². The Bertz CT molecular complexity index is 780. The topological polar surface area (TPSA) is 141 Å². The fourth-order valence-corrected chi connectivity index (χ4v) is 2.67. The molecule has 30 heavy (non-hydrogen) atoms. The van der Waals surface area contributed by atoms with Crippen LogP contribution in [0.1, 0.15) is 58.5 Å². The van der Waals surface area contributed by atoms with E-state index in [1.54, 1.807) is 20.8 Å². The summed E-state index contributed by atoms with van der Waals surface area (Å²) in [5, 5.41) is 23.1. The minimum Gasteiger partial charge on any atom is -0.505 e. The molecule has 1 aromatic heterocycles. The van der Waals surface area contributed by atoms with E-state index in [0.717, 1.165) is 0 Å². The molecule has 1 aromatic rings. The van der Waals surface area contributed by atoms with E-state index in [-0.39, 0.29) is 34.9 Å². The first-order valence-corrected chi connectivity index (χ1v) is 10.00. The molecular weight excluding hydrogens is 388 g/mol. The number of pyridine rings is 1. The molecule has 0 fully saturated rings. The van der Waals surface area contributed by atoms with Crippen molar-refractivity contribution in [3.05, 3.63) is 24.0 Å². The molecule has 1 rings (SSSR count). The van der Waals surface area contributed by atoms with Crippen LogP contribution >= 0.6 is 0 Å². The summed E-state index contributed by atoms with van der Waals surface area (Å²) in [5.41, 5.74) is -0.130. The third kappa shape index (κ3) is 6.82. The number of aromatic nitrogens is 1. The highest BCUT2D eigenvalue weighted by Gasteiger charge is 2.32. The molecule has 0 radical (unpaired) electrons. The van der Waals surface area contributed by atoms with Gasteiger partial charge in [-0.05, 0) is 31.9 Å². The van der Waals surface area contributed by atoms with Crippen LogP contribution in [0, 0.1) is 17.2 Å². The number of amides is 2. The van der Waals surface area contributed by atoms with Crippen molar-refractivity contribution in [1.29, 1.82) is 5.41 Å². The summed E-state index contributed by atoms with van der Waals surface area (Å²) in [6.45, 7) is 10.2. The van der Waals surface area contributed by atoms with Crippen molar-refractivity contribution in [3.63, 3.8) is 0 Å². The standard InChI is InChI=1S/C21H32N4O5/c1-7-12(4)16(24-19(27)11(2)3)21(29)30-14(6)17(13(5)22)25-20(28)18-15(26)9-8-10-23-18/h8-12,14,16-17,22,26H,7H2,1-6H3,(H,24,27)(H,25,28). The molecule has 2 amide bonds. The summed E-state index contributed by atoms with van der Waals surface area (Å²) in [4.78, 5) is 41.2. The minimum absolute atomic E-state index is 0.0605. The minimum atomic E-state index is -0.929. The van der Waals surface area contributed by atoms with Crippen LogP contribution in [0.3, 0.4) is 0 Å². The molecule has 0 saturated heterocycles. The lowest BCUT2D eigenvalue weighted by Gasteiger charge is -2.29. The Balaban J connectivity index is 2.94. The number of rotatable bonds is 10. The molecule has 1 heterocycles. The van der Waals surface area contributed by atoms with Crippen molar-refractivity contribution < 1.29 is 24.2 Å². The number of carbonyl (C=O) groups excluding carboxylic acids is 3. The highest BCUT2D eigenvalue weighted by molar-refractivity contribution is 5.98. The Hall–Kier alpha value is -2.97. The SMILES string of the molecule is CCC(C)C(NC(=O)C(C)C)C(=O)OC(C)C(NC(=O)c1ncccc1O)C(C)=N. The summed E-state index contributed by atoms with van der Waals surface area (Å²) in [6.07, 6.45) is 1.13. The molecule has 0 aromatic carbocycles. The van der Waals surface area contributed by atoms with E-state index in [0.29, 0.717) is 6.42 Å². The Morgan fingerprint density at radius 3 is 2.30 bits per heavy atom. The number of hydrogen-bond donors (Lipinski definition) is 4. The van der Waals surface area contributed by atoms with Crippen molar-refractivity contribution in [2.24, 2.45) is 11.8 Å². The largest absolute Gasteiger partial charge is 0.505 e. The molecule has 0 aliphatic rings. The van der Waals surface area contributed by atoms with Crippen LogP contribution in [0.2, 0.25) is 0 Å². The van der Waals surface area contributed by atoms with Crippen LogP contribution in [-0.2, 0) is 14.3 Å². The Morgan fingerprint density at radius 2 is 1.80 bits per heavy atom. The van der Waals surface area contributed by atoms with Crippen molar-refractivity contribution in [1.82, 2.24) is 15.6 Å². The predicted molar refractivity (Wildman–Crippen MR) is 112 cm³/mol. The zero-order chi connectivity index (χ0) is 23.0. The van der Waals surface area contributed by atoms with Gasteiger partial charge in [-0.3, -0.25) is 9.59 Å². The van der Waals surface area contributed by atoms with E-state index >= 15 is 0 Å². The summed E-state index contributed by atoms with van der Waals surface area (Å²) < 4.78 is 5.51. The van der Waals surface area contributed by atoms with Crippen LogP contribution in [0.25, 0.3) is 0 Å². The molecule has 0 spiro atoms. The van der Waals surface area contributed by atoms with Crippen molar-refractivity contribution in [3.8, 4) is 5.75 Å². The van der Waals surface area contributed by atoms with Gasteiger partial charge in [0.05, 0.1) is 0 Å². The number of carbonyl (C=O) groups is 3. The molecular formula is C21H32N4O5. The summed E-state index contributed by atoms with van der Waals surface area (Å²) in [6, 6.07) is 1.04. The van der Waals surface area contributed by atoms with Gasteiger partial charge in [-0.2, -0.15) is 0 Å². The molecule has 9 nitrogen and oxygen atoms in total. The van der Waals surface area contributed by atoms with Gasteiger partial charge in [-0.1, -0.05) is 34.1 Å². The van der Waals surface area contributed by atoms with E-state index in [4.69, 9.17) is 10.1 Å². The maximum absolute atomic E-state index is 12.8. The van der Waals surface area contributed by atoms with E-state index < -0.39 is 30.1 Å². The number of aromatic hydroxyl groups is 1. The summed E-state index contributed by atoms with van der Waals surface area (Å²) in [5.74, 6) is -2.33. The molecule has 0 bridgehead atoms. The monoisotopic (exact) mass is 420 g/mol. The molecule has 0 saturated carbocycles. The molecule has 166 valence electrons. The van der Waals surface area contributed by atoms with Crippen LogP contribution in [0.5, 0.6) is 5.75 Å². The molecule has 0 aliphatic carbocycles. The molecule has 0 aliphatic heterocycles. The average molecular weight is 421 g/mol. The molecule has 9 heteroatoms. The maximum Gasteiger partial charge on any atom is 0.329 e. The lowest BCUT2D eigenvalue weighted by molar-refractivity contribution is -0.154. The van der Waals surface area contributed by atoms with Crippen LogP contribution in [0.15, 0.2) is 18.3 Å². The average Bonchev–Trinajstić information content (AvgIpc) is 2.68. The van der Waals surface area contributed by atoms with Crippen LogP contribution < -0.4 is 10.6 Å². The number of esters is 1. The highest BCUT2D eigenvalue weighted by Crippen LogP contribution is 2.15. The van der Waals surface area contributed by atoms with Gasteiger partial charge in [0.15, 0.2) is 5.69 Å². The third-order valence-corrected chi connectivity index (χ3v) is 4.82. The fraction of sp³-hybridized carbons (Fsp3) is 0.571. The smallest absolute Gasteiger partial charge is 0.329 e. The number of nitrogens with one attached hydrogen (secondary N) is 3. The first-order valence-electron chi connectivity index (χ1n) is 10.00. The second-order valence-electron chi connectivity index (χ2n) is 7.67. The van der Waals surface area contributed by atoms with Gasteiger partial charge < -0.3 is 25.9 Å². The number of ether oxygens (including phenoxy) is 1. The fourth-order valence-electron chi connectivity index (χ4n) is 2.67. The van der Waals surface area contributed by atoms with Crippen LogP contribution in [-0.4, -0.2) is 51.8 Å². The Kier molecular flexibility index (Phi) is 9.42. The highest BCUT2D eigenvalue weighted by atomic mass is 16.5. The van der Waals surface area contributed by atoms with E-state index in [9.17, 15) is 19.5 Å². The van der Waals surface area contributed by atoms with E-state index in [1.807, 2.05) is 13.8 Å². The van der Waals surface area contributed by atoms with Crippen LogP contribution in [0.4, 0.5) is 0 Å². The van der Waals surface area contributed by atoms with E-state index in [2.05, 4.69) is 15.6 Å². The van der Waals surface area contributed by atoms with Gasteiger partial charge in [0.2, 0.25) is 5.91 Å². The quantitative estimate of drug-likeness (QED) is 0.337. The number of nitrogens with zero attached hydrogens (tertiary/aromatic N) is 1. The first-order chi connectivity index (χ1) is 14.0. The van der Waals surface area contributed by atoms with Crippen molar-refractivity contribution >= 4 is 23.5 Å². The van der Waals surface area contributed by atoms with Crippen molar-refractivity contribution in [2.45, 2.75) is 66.2 Å². The van der Waals surface area contributed by atoms with Gasteiger partial charge in [0.25, 0.3) is 5.91 Å². The Morgan fingerprint density at radius 1 is 1.17 bits per heavy atom. The molecule has 4 N–H and O–H groups in total. The second-order valence-corrected chi connectivity index (χ2v) is 7.67. The first kappa shape index (κ1) is 25.1. The maximum atomic E-state index is 12.8.